The Morgan fingerprint density at radius 3 is 2.82 bits per heavy atom. The minimum Gasteiger partial charge on any atom is -0.496 e. The van der Waals surface area contributed by atoms with E-state index in [0.717, 1.165) is 16.8 Å². The fraction of sp³-hybridized carbons (Fsp3) is 0.360. The van der Waals surface area contributed by atoms with Crippen LogP contribution in [-0.4, -0.2) is 66.5 Å². The third-order valence-corrected chi connectivity index (χ3v) is 5.82. The van der Waals surface area contributed by atoms with Crippen LogP contribution in [0, 0.1) is 6.92 Å². The minimum atomic E-state index is -0.154. The number of ether oxygens (including phenoxy) is 1. The summed E-state index contributed by atoms with van der Waals surface area (Å²) in [6.45, 7) is 4.04. The zero-order chi connectivity index (χ0) is 23.9. The van der Waals surface area contributed by atoms with Crippen molar-refractivity contribution in [3.05, 3.63) is 60.4 Å². The van der Waals surface area contributed by atoms with Gasteiger partial charge in [0, 0.05) is 63.7 Å². The number of pyridine rings is 1. The van der Waals surface area contributed by atoms with E-state index >= 15 is 0 Å². The molecule has 9 heteroatoms. The van der Waals surface area contributed by atoms with E-state index < -0.39 is 0 Å². The van der Waals surface area contributed by atoms with Gasteiger partial charge < -0.3 is 24.3 Å². The number of oxazole rings is 1. The number of hydrogen-bond acceptors (Lipinski definition) is 7. The van der Waals surface area contributed by atoms with Crippen molar-refractivity contribution >= 4 is 17.5 Å². The van der Waals surface area contributed by atoms with Crippen molar-refractivity contribution in [3.8, 4) is 17.1 Å². The number of aromatic nitrogens is 2. The van der Waals surface area contributed by atoms with Crippen molar-refractivity contribution in [2.75, 3.05) is 44.7 Å². The van der Waals surface area contributed by atoms with E-state index in [4.69, 9.17) is 9.15 Å². The highest BCUT2D eigenvalue weighted by Gasteiger charge is 2.23. The van der Waals surface area contributed by atoms with Crippen LogP contribution >= 0.6 is 0 Å². The Kier molecular flexibility index (Phi) is 7.41. The summed E-state index contributed by atoms with van der Waals surface area (Å²) in [5.74, 6) is 1.74. The zero-order valence-electron chi connectivity index (χ0n) is 19.5. The molecular formula is C25H29N5O4. The molecule has 0 bridgehead atoms. The number of aryl methyl sites for hydroxylation is 1. The van der Waals surface area contributed by atoms with Gasteiger partial charge in [-0.25, -0.2) is 4.98 Å². The van der Waals surface area contributed by atoms with E-state index in [0.29, 0.717) is 56.4 Å². The van der Waals surface area contributed by atoms with Crippen molar-refractivity contribution < 1.29 is 18.7 Å². The van der Waals surface area contributed by atoms with Crippen LogP contribution in [0.1, 0.15) is 17.9 Å². The van der Waals surface area contributed by atoms with E-state index in [9.17, 15) is 9.59 Å². The second kappa shape index (κ2) is 10.8. The van der Waals surface area contributed by atoms with Gasteiger partial charge in [-0.05, 0) is 30.2 Å². The quantitative estimate of drug-likeness (QED) is 0.548. The number of hydrogen-bond donors (Lipinski definition) is 1. The summed E-state index contributed by atoms with van der Waals surface area (Å²) in [4.78, 5) is 37.1. The predicted octanol–water partition coefficient (Wildman–Crippen LogP) is 2.45. The highest BCUT2D eigenvalue weighted by molar-refractivity contribution is 5.85. The van der Waals surface area contributed by atoms with Gasteiger partial charge in [-0.3, -0.25) is 14.6 Å². The van der Waals surface area contributed by atoms with Gasteiger partial charge >= 0.3 is 0 Å². The van der Waals surface area contributed by atoms with Crippen LogP contribution in [0.4, 0.5) is 5.69 Å². The summed E-state index contributed by atoms with van der Waals surface area (Å²) in [5, 5.41) is 2.90. The number of nitrogens with zero attached hydrogens (tertiary/aromatic N) is 4. The molecule has 3 heterocycles. The highest BCUT2D eigenvalue weighted by Crippen LogP contribution is 2.34. The van der Waals surface area contributed by atoms with Gasteiger partial charge in [-0.15, -0.1) is 0 Å². The average molecular weight is 464 g/mol. The SMILES string of the molecule is COc1cc(N2CCC(=O)N(CC(=O)NCCc3cccnc3)CC2)ccc1-c1cnc(C)o1. The van der Waals surface area contributed by atoms with Gasteiger partial charge in [-0.2, -0.15) is 0 Å². The van der Waals surface area contributed by atoms with Crippen molar-refractivity contribution in [1.82, 2.24) is 20.2 Å². The van der Waals surface area contributed by atoms with Crippen LogP contribution in [0.3, 0.4) is 0 Å². The molecule has 0 unspecified atom stereocenters. The standard InChI is InChI=1S/C25H29N5O4/c1-18-28-16-23(34-18)21-6-5-20(14-22(21)33-2)29-11-8-25(32)30(13-12-29)17-24(31)27-10-7-19-4-3-9-26-15-19/h3-6,9,14-16H,7-8,10-13,17H2,1-2H3,(H,27,31). The lowest BCUT2D eigenvalue weighted by Crippen LogP contribution is -2.42. The number of methoxy groups -OCH3 is 1. The van der Waals surface area contributed by atoms with E-state index in [2.05, 4.69) is 20.2 Å². The molecule has 1 aliphatic heterocycles. The van der Waals surface area contributed by atoms with Crippen LogP contribution in [-0.2, 0) is 16.0 Å². The molecule has 2 amide bonds. The number of anilines is 1. The second-order valence-electron chi connectivity index (χ2n) is 8.14. The first-order valence-electron chi connectivity index (χ1n) is 11.3. The molecule has 0 atom stereocenters. The molecule has 0 radical (unpaired) electrons. The highest BCUT2D eigenvalue weighted by atomic mass is 16.5. The maximum absolute atomic E-state index is 12.7. The van der Waals surface area contributed by atoms with E-state index in [1.165, 1.54) is 0 Å². The fourth-order valence-corrected chi connectivity index (χ4v) is 3.98. The predicted molar refractivity (Wildman–Crippen MR) is 128 cm³/mol. The first-order valence-corrected chi connectivity index (χ1v) is 11.3. The third-order valence-electron chi connectivity index (χ3n) is 5.82. The number of benzene rings is 1. The van der Waals surface area contributed by atoms with Crippen molar-refractivity contribution in [2.45, 2.75) is 19.8 Å². The van der Waals surface area contributed by atoms with E-state index in [1.54, 1.807) is 37.5 Å². The van der Waals surface area contributed by atoms with E-state index in [-0.39, 0.29) is 18.4 Å². The maximum Gasteiger partial charge on any atom is 0.239 e. The monoisotopic (exact) mass is 463 g/mol. The van der Waals surface area contributed by atoms with Crippen LogP contribution in [0.25, 0.3) is 11.3 Å². The van der Waals surface area contributed by atoms with Gasteiger partial charge in [0.2, 0.25) is 11.8 Å². The topological polar surface area (TPSA) is 101 Å². The Labute approximate surface area is 198 Å². The molecule has 1 N–H and O–H groups in total. The average Bonchev–Trinajstić information content (AvgIpc) is 3.20. The molecule has 0 saturated carbocycles. The number of carbonyl (C=O) groups is 2. The van der Waals surface area contributed by atoms with Gasteiger partial charge in [0.15, 0.2) is 11.7 Å². The smallest absolute Gasteiger partial charge is 0.239 e. The van der Waals surface area contributed by atoms with Gasteiger partial charge in [0.1, 0.15) is 5.75 Å². The summed E-state index contributed by atoms with van der Waals surface area (Å²) in [7, 11) is 1.62. The molecule has 1 aliphatic rings. The number of amides is 2. The number of rotatable bonds is 8. The van der Waals surface area contributed by atoms with Crippen LogP contribution in [0.2, 0.25) is 0 Å². The normalized spacial score (nSPS) is 14.1. The van der Waals surface area contributed by atoms with E-state index in [1.807, 2.05) is 30.3 Å². The van der Waals surface area contributed by atoms with Crippen molar-refractivity contribution in [3.63, 3.8) is 0 Å². The number of nitrogens with one attached hydrogen (secondary N) is 1. The molecule has 9 nitrogen and oxygen atoms in total. The Balaban J connectivity index is 1.34. The lowest BCUT2D eigenvalue weighted by Gasteiger charge is -2.24. The largest absolute Gasteiger partial charge is 0.496 e. The molecule has 1 saturated heterocycles. The number of carbonyl (C=O) groups excluding carboxylic acids is 2. The van der Waals surface area contributed by atoms with Crippen LogP contribution in [0.15, 0.2) is 53.3 Å². The lowest BCUT2D eigenvalue weighted by atomic mass is 10.1. The van der Waals surface area contributed by atoms with Crippen molar-refractivity contribution in [2.24, 2.45) is 0 Å². The second-order valence-corrected chi connectivity index (χ2v) is 8.14. The molecule has 0 aliphatic carbocycles. The fourth-order valence-electron chi connectivity index (χ4n) is 3.98. The summed E-state index contributed by atoms with van der Waals surface area (Å²) in [6.07, 6.45) is 6.23. The first kappa shape index (κ1) is 23.3. The maximum atomic E-state index is 12.7. The van der Waals surface area contributed by atoms with Gasteiger partial charge in [0.05, 0.1) is 25.4 Å². The Hall–Kier alpha value is -3.88. The van der Waals surface area contributed by atoms with Gasteiger partial charge in [0.25, 0.3) is 0 Å². The van der Waals surface area contributed by atoms with Crippen molar-refractivity contribution in [1.29, 1.82) is 0 Å². The summed E-state index contributed by atoms with van der Waals surface area (Å²) in [6, 6.07) is 9.71. The summed E-state index contributed by atoms with van der Waals surface area (Å²) < 4.78 is 11.2. The molecule has 1 aromatic carbocycles. The molecule has 0 spiro atoms. The Morgan fingerprint density at radius 2 is 2.09 bits per heavy atom. The molecule has 178 valence electrons. The molecular weight excluding hydrogens is 434 g/mol. The summed E-state index contributed by atoms with van der Waals surface area (Å²) in [5.41, 5.74) is 2.83. The molecule has 1 fully saturated rings. The Morgan fingerprint density at radius 1 is 1.21 bits per heavy atom. The van der Waals surface area contributed by atoms with Crippen LogP contribution < -0.4 is 15.0 Å². The molecule has 4 rings (SSSR count). The molecule has 34 heavy (non-hydrogen) atoms. The first-order chi connectivity index (χ1) is 16.5. The zero-order valence-corrected chi connectivity index (χ0v) is 19.5. The van der Waals surface area contributed by atoms with Crippen LogP contribution in [0.5, 0.6) is 5.75 Å². The molecule has 2 aromatic heterocycles. The Bertz CT molecular complexity index is 1130. The minimum absolute atomic E-state index is 0.0226. The lowest BCUT2D eigenvalue weighted by molar-refractivity contribution is -0.135. The summed E-state index contributed by atoms with van der Waals surface area (Å²) >= 11 is 0. The van der Waals surface area contributed by atoms with Gasteiger partial charge in [-0.1, -0.05) is 6.07 Å². The third kappa shape index (κ3) is 5.72. The molecule has 3 aromatic rings.